The lowest BCUT2D eigenvalue weighted by atomic mass is 9.85. The van der Waals surface area contributed by atoms with Crippen LogP contribution in [0.15, 0.2) is 5.38 Å². The molecule has 104 valence electrons. The van der Waals surface area contributed by atoms with E-state index in [4.69, 9.17) is 5.73 Å². The van der Waals surface area contributed by atoms with Gasteiger partial charge < -0.3 is 11.1 Å². The smallest absolute Gasteiger partial charge is 0.109 e. The van der Waals surface area contributed by atoms with Crippen LogP contribution in [0.25, 0.3) is 0 Å². The zero-order valence-corrected chi connectivity index (χ0v) is 13.1. The quantitative estimate of drug-likeness (QED) is 0.799. The van der Waals surface area contributed by atoms with E-state index >= 15 is 0 Å². The van der Waals surface area contributed by atoms with E-state index in [0.717, 1.165) is 29.7 Å². The number of hydrogen-bond acceptors (Lipinski definition) is 4. The van der Waals surface area contributed by atoms with E-state index in [-0.39, 0.29) is 6.04 Å². The first-order valence-corrected chi connectivity index (χ1v) is 7.70. The third-order valence-electron chi connectivity index (χ3n) is 3.36. The summed E-state index contributed by atoms with van der Waals surface area (Å²) in [6.07, 6.45) is 0. The van der Waals surface area contributed by atoms with Gasteiger partial charge in [-0.3, -0.25) is 0 Å². The van der Waals surface area contributed by atoms with Gasteiger partial charge in [0.2, 0.25) is 0 Å². The van der Waals surface area contributed by atoms with E-state index in [1.807, 2.05) is 6.92 Å². The third kappa shape index (κ3) is 4.67. The zero-order chi connectivity index (χ0) is 13.7. The van der Waals surface area contributed by atoms with E-state index in [1.54, 1.807) is 11.3 Å². The van der Waals surface area contributed by atoms with Crippen molar-refractivity contribution < 1.29 is 0 Å². The molecule has 0 saturated heterocycles. The van der Waals surface area contributed by atoms with Crippen LogP contribution in [0.5, 0.6) is 0 Å². The monoisotopic (exact) mass is 269 g/mol. The lowest BCUT2D eigenvalue weighted by Gasteiger charge is -2.25. The Morgan fingerprint density at radius 1 is 1.22 bits per heavy atom. The topological polar surface area (TPSA) is 50.9 Å². The minimum atomic E-state index is 0.0443. The van der Waals surface area contributed by atoms with Crippen LogP contribution >= 0.6 is 11.3 Å². The lowest BCUT2D eigenvalue weighted by Crippen LogP contribution is -2.29. The number of rotatable bonds is 7. The largest absolute Gasteiger partial charge is 0.322 e. The molecule has 0 aromatic carbocycles. The van der Waals surface area contributed by atoms with E-state index < -0.39 is 0 Å². The Balaban J connectivity index is 2.40. The molecule has 3 nitrogen and oxygen atoms in total. The fraction of sp³-hybridized carbons (Fsp3) is 0.786. The summed E-state index contributed by atoms with van der Waals surface area (Å²) < 4.78 is 0. The molecule has 1 heterocycles. The van der Waals surface area contributed by atoms with Crippen molar-refractivity contribution in [3.8, 4) is 0 Å². The SMILES string of the molecule is CC(N)c1nc(CNCC(C(C)C)C(C)C)cs1. The second-order valence-electron chi connectivity index (χ2n) is 5.75. The molecule has 0 spiro atoms. The molecule has 0 aliphatic heterocycles. The summed E-state index contributed by atoms with van der Waals surface area (Å²) in [5.41, 5.74) is 6.92. The fourth-order valence-corrected chi connectivity index (χ4v) is 3.00. The standard InChI is InChI=1S/C14H27N3S/c1-9(2)13(10(3)4)7-16-6-12-8-18-14(17-12)11(5)15/h8-11,13,16H,6-7,15H2,1-5H3. The normalized spacial score (nSPS) is 13.8. The van der Waals surface area contributed by atoms with Gasteiger partial charge in [0.1, 0.15) is 5.01 Å². The van der Waals surface area contributed by atoms with E-state index in [9.17, 15) is 0 Å². The Morgan fingerprint density at radius 3 is 2.28 bits per heavy atom. The van der Waals surface area contributed by atoms with Crippen LogP contribution in [0.3, 0.4) is 0 Å². The van der Waals surface area contributed by atoms with Crippen molar-refractivity contribution in [1.82, 2.24) is 10.3 Å². The highest BCUT2D eigenvalue weighted by molar-refractivity contribution is 7.09. The van der Waals surface area contributed by atoms with E-state index in [2.05, 4.69) is 43.4 Å². The second-order valence-corrected chi connectivity index (χ2v) is 6.64. The molecule has 0 saturated carbocycles. The molecule has 0 fully saturated rings. The molecular formula is C14H27N3S. The van der Waals surface area contributed by atoms with Gasteiger partial charge in [0.05, 0.1) is 11.7 Å². The average Bonchev–Trinajstić information content (AvgIpc) is 2.71. The van der Waals surface area contributed by atoms with Crippen LogP contribution in [-0.4, -0.2) is 11.5 Å². The number of nitrogens with one attached hydrogen (secondary N) is 1. The van der Waals surface area contributed by atoms with Crippen LogP contribution in [-0.2, 0) is 6.54 Å². The number of thiazole rings is 1. The highest BCUT2D eigenvalue weighted by Gasteiger charge is 2.16. The van der Waals surface area contributed by atoms with Crippen LogP contribution in [0.1, 0.15) is 51.4 Å². The van der Waals surface area contributed by atoms with Gasteiger partial charge in [-0.15, -0.1) is 11.3 Å². The van der Waals surface area contributed by atoms with Crippen molar-refractivity contribution in [2.45, 2.75) is 47.2 Å². The average molecular weight is 269 g/mol. The molecule has 1 unspecified atom stereocenters. The molecule has 1 atom stereocenters. The molecule has 18 heavy (non-hydrogen) atoms. The highest BCUT2D eigenvalue weighted by Crippen LogP contribution is 2.20. The second kappa shape index (κ2) is 7.22. The Bertz CT molecular complexity index is 337. The molecule has 3 N–H and O–H groups in total. The summed E-state index contributed by atoms with van der Waals surface area (Å²) in [5, 5.41) is 6.65. The molecule has 0 amide bonds. The molecule has 4 heteroatoms. The molecule has 1 rings (SSSR count). The molecular weight excluding hydrogens is 242 g/mol. The molecule has 0 aliphatic rings. The molecule has 1 aromatic heterocycles. The van der Waals surface area contributed by atoms with Gasteiger partial charge in [-0.2, -0.15) is 0 Å². The number of aromatic nitrogens is 1. The summed E-state index contributed by atoms with van der Waals surface area (Å²) in [6.45, 7) is 13.1. The Hall–Kier alpha value is -0.450. The van der Waals surface area contributed by atoms with Gasteiger partial charge in [0.15, 0.2) is 0 Å². The van der Waals surface area contributed by atoms with Crippen molar-refractivity contribution >= 4 is 11.3 Å². The minimum Gasteiger partial charge on any atom is -0.322 e. The van der Waals surface area contributed by atoms with Crippen molar-refractivity contribution in [1.29, 1.82) is 0 Å². The lowest BCUT2D eigenvalue weighted by molar-refractivity contribution is 0.275. The molecule has 1 aromatic rings. The van der Waals surface area contributed by atoms with E-state index in [0.29, 0.717) is 11.8 Å². The maximum atomic E-state index is 5.81. The van der Waals surface area contributed by atoms with Crippen molar-refractivity contribution in [3.05, 3.63) is 16.1 Å². The maximum Gasteiger partial charge on any atom is 0.109 e. The summed E-state index contributed by atoms with van der Waals surface area (Å²) in [5.74, 6) is 2.15. The summed E-state index contributed by atoms with van der Waals surface area (Å²) in [6, 6.07) is 0.0443. The van der Waals surface area contributed by atoms with Gasteiger partial charge in [-0.05, 0) is 31.2 Å². The van der Waals surface area contributed by atoms with Crippen LogP contribution in [0.2, 0.25) is 0 Å². The van der Waals surface area contributed by atoms with Crippen molar-refractivity contribution in [2.24, 2.45) is 23.5 Å². The van der Waals surface area contributed by atoms with Crippen LogP contribution < -0.4 is 11.1 Å². The van der Waals surface area contributed by atoms with Gasteiger partial charge in [0, 0.05) is 11.9 Å². The zero-order valence-electron chi connectivity index (χ0n) is 12.2. The van der Waals surface area contributed by atoms with Gasteiger partial charge in [0.25, 0.3) is 0 Å². The summed E-state index contributed by atoms with van der Waals surface area (Å²) >= 11 is 1.65. The van der Waals surface area contributed by atoms with E-state index in [1.165, 1.54) is 0 Å². The van der Waals surface area contributed by atoms with Crippen LogP contribution in [0.4, 0.5) is 0 Å². The van der Waals surface area contributed by atoms with Gasteiger partial charge in [-0.1, -0.05) is 27.7 Å². The number of nitrogens with two attached hydrogens (primary N) is 1. The molecule has 0 aliphatic carbocycles. The Labute approximate surface area is 115 Å². The van der Waals surface area contributed by atoms with Crippen molar-refractivity contribution in [3.63, 3.8) is 0 Å². The Kier molecular flexibility index (Phi) is 6.26. The summed E-state index contributed by atoms with van der Waals surface area (Å²) in [4.78, 5) is 4.53. The van der Waals surface area contributed by atoms with Gasteiger partial charge in [-0.25, -0.2) is 4.98 Å². The predicted octanol–water partition coefficient (Wildman–Crippen LogP) is 3.18. The predicted molar refractivity (Wildman–Crippen MR) is 79.6 cm³/mol. The Morgan fingerprint density at radius 2 is 1.83 bits per heavy atom. The first-order valence-electron chi connectivity index (χ1n) is 6.82. The van der Waals surface area contributed by atoms with Crippen molar-refractivity contribution in [2.75, 3.05) is 6.54 Å². The maximum absolute atomic E-state index is 5.81. The number of nitrogens with zero attached hydrogens (tertiary/aromatic N) is 1. The fourth-order valence-electron chi connectivity index (χ4n) is 2.22. The minimum absolute atomic E-state index is 0.0443. The number of hydrogen-bond donors (Lipinski definition) is 2. The summed E-state index contributed by atoms with van der Waals surface area (Å²) in [7, 11) is 0. The first-order chi connectivity index (χ1) is 8.41. The molecule has 0 bridgehead atoms. The molecule has 0 radical (unpaired) electrons. The third-order valence-corrected chi connectivity index (χ3v) is 4.45. The van der Waals surface area contributed by atoms with Gasteiger partial charge >= 0.3 is 0 Å². The highest BCUT2D eigenvalue weighted by atomic mass is 32.1. The first kappa shape index (κ1) is 15.6. The van der Waals surface area contributed by atoms with Crippen LogP contribution in [0, 0.1) is 17.8 Å².